The third-order valence-electron chi connectivity index (χ3n) is 10.0. The SMILES string of the molecule is CC1(C)c2ccccc2-c2ccc(N(c3ccc4cc5c(cc4c3)oc3ccccc35)c3ccc4c(c3)oc3ccccc34)cc21. The van der Waals surface area contributed by atoms with Gasteiger partial charge in [-0.2, -0.15) is 0 Å². The van der Waals surface area contributed by atoms with Gasteiger partial charge in [0, 0.05) is 50.1 Å². The van der Waals surface area contributed by atoms with Gasteiger partial charge in [-0.1, -0.05) is 86.6 Å². The summed E-state index contributed by atoms with van der Waals surface area (Å²) < 4.78 is 12.7. The quantitative estimate of drug-likeness (QED) is 0.205. The molecule has 0 N–H and O–H groups in total. The lowest BCUT2D eigenvalue weighted by atomic mass is 9.82. The lowest BCUT2D eigenvalue weighted by Gasteiger charge is -2.28. The second kappa shape index (κ2) is 9.12. The predicted octanol–water partition coefficient (Wildman–Crippen LogP) is 12.4. The lowest BCUT2D eigenvalue weighted by molar-refractivity contribution is 0.660. The number of para-hydroxylation sites is 2. The number of hydrogen-bond acceptors (Lipinski definition) is 3. The fourth-order valence-corrected chi connectivity index (χ4v) is 7.73. The van der Waals surface area contributed by atoms with Crippen LogP contribution in [0.3, 0.4) is 0 Å². The third-order valence-corrected chi connectivity index (χ3v) is 10.0. The van der Waals surface area contributed by atoms with E-state index < -0.39 is 0 Å². The second-order valence-electron chi connectivity index (χ2n) is 13.0. The third kappa shape index (κ3) is 3.54. The minimum atomic E-state index is -0.105. The van der Waals surface area contributed by atoms with Crippen molar-refractivity contribution in [2.45, 2.75) is 19.3 Å². The van der Waals surface area contributed by atoms with E-state index in [9.17, 15) is 0 Å². The van der Waals surface area contributed by atoms with Crippen molar-refractivity contribution in [3.05, 3.63) is 151 Å². The standard InChI is InChI=1S/C43H29NO2/c1-43(2)37-12-6-3-9-31(37)32-19-17-29(24-38(32)43)44(30-18-20-35-33-10-4-7-13-39(33)46-42(35)25-30)28-16-15-26-22-36-34-11-5-8-14-40(34)45-41(36)23-27(26)21-28/h3-25H,1-2H3. The maximum absolute atomic E-state index is 6.37. The van der Waals surface area contributed by atoms with Crippen molar-refractivity contribution in [1.29, 1.82) is 0 Å². The number of benzene rings is 7. The Morgan fingerprint density at radius 2 is 1.00 bits per heavy atom. The maximum Gasteiger partial charge on any atom is 0.137 e. The normalized spacial score (nSPS) is 13.6. The lowest BCUT2D eigenvalue weighted by Crippen LogP contribution is -2.16. The predicted molar refractivity (Wildman–Crippen MR) is 191 cm³/mol. The molecule has 1 aliphatic rings. The molecule has 3 nitrogen and oxygen atoms in total. The van der Waals surface area contributed by atoms with E-state index in [1.54, 1.807) is 0 Å². The monoisotopic (exact) mass is 591 g/mol. The fraction of sp³-hybridized carbons (Fsp3) is 0.0698. The molecule has 0 aliphatic heterocycles. The molecule has 46 heavy (non-hydrogen) atoms. The number of rotatable bonds is 3. The van der Waals surface area contributed by atoms with E-state index in [0.29, 0.717) is 0 Å². The summed E-state index contributed by atoms with van der Waals surface area (Å²) in [5.41, 5.74) is 12.1. The molecule has 7 aromatic carbocycles. The summed E-state index contributed by atoms with van der Waals surface area (Å²) in [5.74, 6) is 0. The second-order valence-corrected chi connectivity index (χ2v) is 13.0. The average Bonchev–Trinajstić information content (AvgIpc) is 3.71. The Hall–Kier alpha value is -5.80. The van der Waals surface area contributed by atoms with Crippen molar-refractivity contribution in [1.82, 2.24) is 0 Å². The topological polar surface area (TPSA) is 29.5 Å². The van der Waals surface area contributed by atoms with Gasteiger partial charge in [-0.15, -0.1) is 0 Å². The van der Waals surface area contributed by atoms with Gasteiger partial charge in [0.1, 0.15) is 22.3 Å². The summed E-state index contributed by atoms with van der Waals surface area (Å²) in [4.78, 5) is 2.36. The number of anilines is 3. The molecule has 0 bridgehead atoms. The van der Waals surface area contributed by atoms with E-state index in [4.69, 9.17) is 8.83 Å². The molecule has 0 radical (unpaired) electrons. The molecular weight excluding hydrogens is 562 g/mol. The molecule has 218 valence electrons. The zero-order chi connectivity index (χ0) is 30.6. The summed E-state index contributed by atoms with van der Waals surface area (Å²) in [5, 5.41) is 6.85. The van der Waals surface area contributed by atoms with Crippen molar-refractivity contribution in [3.8, 4) is 11.1 Å². The first-order chi connectivity index (χ1) is 22.5. The van der Waals surface area contributed by atoms with Crippen LogP contribution in [0.25, 0.3) is 65.8 Å². The van der Waals surface area contributed by atoms with Crippen LogP contribution in [0.1, 0.15) is 25.0 Å². The smallest absolute Gasteiger partial charge is 0.137 e. The highest BCUT2D eigenvalue weighted by atomic mass is 16.3. The first-order valence-corrected chi connectivity index (χ1v) is 15.8. The highest BCUT2D eigenvalue weighted by molar-refractivity contribution is 6.11. The first-order valence-electron chi connectivity index (χ1n) is 15.8. The minimum absolute atomic E-state index is 0.105. The van der Waals surface area contributed by atoms with Gasteiger partial charge >= 0.3 is 0 Å². The summed E-state index contributed by atoms with van der Waals surface area (Å²) in [7, 11) is 0. The van der Waals surface area contributed by atoms with Gasteiger partial charge in [0.15, 0.2) is 0 Å². The van der Waals surface area contributed by atoms with Gasteiger partial charge in [-0.05, 0) is 93.7 Å². The molecule has 2 heterocycles. The Kier molecular flexibility index (Phi) is 5.06. The fourth-order valence-electron chi connectivity index (χ4n) is 7.73. The molecule has 0 fully saturated rings. The summed E-state index contributed by atoms with van der Waals surface area (Å²) in [6.07, 6.45) is 0. The summed E-state index contributed by atoms with van der Waals surface area (Å²) in [6.45, 7) is 4.67. The van der Waals surface area contributed by atoms with Crippen molar-refractivity contribution in [2.24, 2.45) is 0 Å². The summed E-state index contributed by atoms with van der Waals surface area (Å²) >= 11 is 0. The maximum atomic E-state index is 6.37. The molecule has 0 saturated heterocycles. The number of nitrogens with zero attached hydrogens (tertiary/aromatic N) is 1. The first kappa shape index (κ1) is 25.5. The Balaban J connectivity index is 1.19. The van der Waals surface area contributed by atoms with Crippen LogP contribution in [0.5, 0.6) is 0 Å². The Labute approximate surface area is 265 Å². The van der Waals surface area contributed by atoms with Gasteiger partial charge in [-0.3, -0.25) is 0 Å². The van der Waals surface area contributed by atoms with Crippen LogP contribution in [0, 0.1) is 0 Å². The Morgan fingerprint density at radius 1 is 0.413 bits per heavy atom. The van der Waals surface area contributed by atoms with Crippen molar-refractivity contribution in [3.63, 3.8) is 0 Å². The largest absolute Gasteiger partial charge is 0.456 e. The zero-order valence-corrected chi connectivity index (χ0v) is 25.5. The average molecular weight is 592 g/mol. The van der Waals surface area contributed by atoms with Crippen LogP contribution in [0.15, 0.2) is 148 Å². The van der Waals surface area contributed by atoms with Crippen molar-refractivity contribution >= 4 is 71.7 Å². The molecule has 3 heteroatoms. The van der Waals surface area contributed by atoms with Gasteiger partial charge in [0.25, 0.3) is 0 Å². The molecule has 10 rings (SSSR count). The molecule has 0 spiro atoms. The molecule has 1 aliphatic carbocycles. The van der Waals surface area contributed by atoms with Crippen LogP contribution in [-0.4, -0.2) is 0 Å². The van der Waals surface area contributed by atoms with Crippen LogP contribution < -0.4 is 4.90 Å². The Bertz CT molecular complexity index is 2690. The molecular formula is C43H29NO2. The van der Waals surface area contributed by atoms with E-state index in [1.807, 2.05) is 24.3 Å². The highest BCUT2D eigenvalue weighted by Gasteiger charge is 2.35. The molecule has 2 aromatic heterocycles. The molecule has 0 atom stereocenters. The molecule has 0 unspecified atom stereocenters. The molecule has 9 aromatic rings. The van der Waals surface area contributed by atoms with Gasteiger partial charge in [0.05, 0.1) is 0 Å². The van der Waals surface area contributed by atoms with Crippen LogP contribution in [-0.2, 0) is 5.41 Å². The van der Waals surface area contributed by atoms with E-state index in [1.165, 1.54) is 27.6 Å². The van der Waals surface area contributed by atoms with Crippen LogP contribution in [0.4, 0.5) is 17.1 Å². The van der Waals surface area contributed by atoms with E-state index >= 15 is 0 Å². The number of furan rings is 2. The van der Waals surface area contributed by atoms with E-state index in [0.717, 1.165) is 66.3 Å². The Morgan fingerprint density at radius 3 is 1.83 bits per heavy atom. The van der Waals surface area contributed by atoms with Crippen molar-refractivity contribution in [2.75, 3.05) is 4.90 Å². The number of fused-ring (bicyclic) bond motifs is 10. The number of hydrogen-bond donors (Lipinski definition) is 0. The molecule has 0 amide bonds. The van der Waals surface area contributed by atoms with E-state index in [-0.39, 0.29) is 5.41 Å². The van der Waals surface area contributed by atoms with Crippen LogP contribution in [0.2, 0.25) is 0 Å². The zero-order valence-electron chi connectivity index (χ0n) is 25.5. The van der Waals surface area contributed by atoms with Gasteiger partial charge in [0.2, 0.25) is 0 Å². The molecule has 0 saturated carbocycles. The van der Waals surface area contributed by atoms with Crippen LogP contribution >= 0.6 is 0 Å². The minimum Gasteiger partial charge on any atom is -0.456 e. The van der Waals surface area contributed by atoms with Gasteiger partial charge < -0.3 is 13.7 Å². The van der Waals surface area contributed by atoms with Crippen molar-refractivity contribution < 1.29 is 8.83 Å². The van der Waals surface area contributed by atoms with E-state index in [2.05, 4.69) is 134 Å². The van der Waals surface area contributed by atoms with Gasteiger partial charge in [-0.25, -0.2) is 0 Å². The summed E-state index contributed by atoms with van der Waals surface area (Å²) in [6, 6.07) is 50.0. The highest BCUT2D eigenvalue weighted by Crippen LogP contribution is 2.51.